The third-order valence-corrected chi connectivity index (χ3v) is 3.61. The highest BCUT2D eigenvalue weighted by Crippen LogP contribution is 2.31. The smallest absolute Gasteiger partial charge is 0.275 e. The van der Waals surface area contributed by atoms with Crippen molar-refractivity contribution in [3.63, 3.8) is 0 Å². The Bertz CT molecular complexity index is 448. The van der Waals surface area contributed by atoms with Crippen LogP contribution in [0.25, 0.3) is 0 Å². The van der Waals surface area contributed by atoms with Crippen molar-refractivity contribution >= 4 is 11.4 Å². The molecule has 0 aromatic heterocycles. The number of aliphatic hydroxyl groups is 1. The first-order chi connectivity index (χ1) is 8.67. The normalized spacial score (nSPS) is 19.2. The van der Waals surface area contributed by atoms with Gasteiger partial charge in [0.25, 0.3) is 5.69 Å². The molecular weight excluding hydrogens is 232 g/mol. The predicted octanol–water partition coefficient (Wildman–Crippen LogP) is 2.47. The number of aliphatic hydroxyl groups excluding tert-OH is 1. The summed E-state index contributed by atoms with van der Waals surface area (Å²) in [5.74, 6) is 0. The zero-order valence-electron chi connectivity index (χ0n) is 10.5. The number of rotatable bonds is 4. The molecule has 1 heterocycles. The van der Waals surface area contributed by atoms with Gasteiger partial charge in [0.2, 0.25) is 0 Å². The molecular formula is C13H18N2O3. The van der Waals surface area contributed by atoms with Crippen LogP contribution in [0.3, 0.4) is 0 Å². The maximum absolute atomic E-state index is 10.8. The van der Waals surface area contributed by atoms with Crippen LogP contribution < -0.4 is 4.90 Å². The minimum absolute atomic E-state index is 0.00602. The summed E-state index contributed by atoms with van der Waals surface area (Å²) in [6.45, 7) is 2.84. The lowest BCUT2D eigenvalue weighted by atomic mass is 10.1. The van der Waals surface area contributed by atoms with Crippen LogP contribution in [-0.4, -0.2) is 22.6 Å². The zero-order valence-corrected chi connectivity index (χ0v) is 10.5. The van der Waals surface area contributed by atoms with Gasteiger partial charge < -0.3 is 10.0 Å². The Hall–Kier alpha value is -1.62. The Balaban J connectivity index is 2.32. The fourth-order valence-electron chi connectivity index (χ4n) is 2.66. The van der Waals surface area contributed by atoms with E-state index in [0.29, 0.717) is 11.6 Å². The van der Waals surface area contributed by atoms with Gasteiger partial charge in [0, 0.05) is 24.3 Å². The van der Waals surface area contributed by atoms with Gasteiger partial charge in [-0.1, -0.05) is 6.92 Å². The molecule has 1 aliphatic rings. The molecule has 5 heteroatoms. The van der Waals surface area contributed by atoms with Crippen molar-refractivity contribution in [2.45, 2.75) is 38.8 Å². The molecule has 0 saturated carbocycles. The molecule has 1 aliphatic heterocycles. The van der Waals surface area contributed by atoms with Crippen molar-refractivity contribution in [1.29, 1.82) is 0 Å². The molecule has 98 valence electrons. The van der Waals surface area contributed by atoms with E-state index in [0.717, 1.165) is 25.1 Å². The monoisotopic (exact) mass is 250 g/mol. The third kappa shape index (κ3) is 2.31. The van der Waals surface area contributed by atoms with Crippen LogP contribution in [0.4, 0.5) is 11.4 Å². The fourth-order valence-corrected chi connectivity index (χ4v) is 2.66. The predicted molar refractivity (Wildman–Crippen MR) is 69.7 cm³/mol. The van der Waals surface area contributed by atoms with Crippen LogP contribution in [0.5, 0.6) is 0 Å². The highest BCUT2D eigenvalue weighted by atomic mass is 16.6. The van der Waals surface area contributed by atoms with Crippen LogP contribution in [0.15, 0.2) is 18.2 Å². The summed E-state index contributed by atoms with van der Waals surface area (Å²) in [7, 11) is 0. The fraction of sp³-hybridized carbons (Fsp3) is 0.538. The van der Waals surface area contributed by atoms with E-state index in [-0.39, 0.29) is 12.3 Å². The molecule has 1 N–H and O–H groups in total. The highest BCUT2D eigenvalue weighted by molar-refractivity contribution is 5.56. The van der Waals surface area contributed by atoms with Gasteiger partial charge in [-0.05, 0) is 31.4 Å². The minimum Gasteiger partial charge on any atom is -0.391 e. The average Bonchev–Trinajstić information content (AvgIpc) is 2.86. The van der Waals surface area contributed by atoms with Crippen LogP contribution in [0.2, 0.25) is 0 Å². The van der Waals surface area contributed by atoms with E-state index in [9.17, 15) is 15.2 Å². The Labute approximate surface area is 106 Å². The van der Waals surface area contributed by atoms with Crippen molar-refractivity contribution in [2.24, 2.45) is 0 Å². The molecule has 1 atom stereocenters. The van der Waals surface area contributed by atoms with Crippen LogP contribution in [0, 0.1) is 10.1 Å². The molecule has 5 nitrogen and oxygen atoms in total. The SMILES string of the molecule is CCC1CCCN1c1ccc([N+](=O)[O-])c(CO)c1. The average molecular weight is 250 g/mol. The number of benzene rings is 1. The first kappa shape index (κ1) is 12.8. The summed E-state index contributed by atoms with van der Waals surface area (Å²) in [5, 5.41) is 20.0. The van der Waals surface area contributed by atoms with E-state index < -0.39 is 4.92 Å². The summed E-state index contributed by atoms with van der Waals surface area (Å²) in [5.41, 5.74) is 1.36. The van der Waals surface area contributed by atoms with Crippen LogP contribution in [0.1, 0.15) is 31.7 Å². The van der Waals surface area contributed by atoms with Gasteiger partial charge in [-0.15, -0.1) is 0 Å². The minimum atomic E-state index is -0.448. The molecule has 1 unspecified atom stereocenters. The van der Waals surface area contributed by atoms with Gasteiger partial charge in [0.05, 0.1) is 17.1 Å². The summed E-state index contributed by atoms with van der Waals surface area (Å²) < 4.78 is 0. The highest BCUT2D eigenvalue weighted by Gasteiger charge is 2.24. The number of anilines is 1. The number of nitro groups is 1. The Morgan fingerprint density at radius 3 is 2.94 bits per heavy atom. The Kier molecular flexibility index (Phi) is 3.81. The number of nitro benzene ring substituents is 1. The van der Waals surface area contributed by atoms with Crippen molar-refractivity contribution in [3.05, 3.63) is 33.9 Å². The van der Waals surface area contributed by atoms with E-state index in [1.165, 1.54) is 12.5 Å². The van der Waals surface area contributed by atoms with E-state index in [2.05, 4.69) is 11.8 Å². The van der Waals surface area contributed by atoms with E-state index in [1.807, 2.05) is 0 Å². The largest absolute Gasteiger partial charge is 0.391 e. The Morgan fingerprint density at radius 1 is 1.56 bits per heavy atom. The number of hydrogen-bond donors (Lipinski definition) is 1. The third-order valence-electron chi connectivity index (χ3n) is 3.61. The molecule has 1 saturated heterocycles. The van der Waals surface area contributed by atoms with Crippen molar-refractivity contribution in [2.75, 3.05) is 11.4 Å². The maximum Gasteiger partial charge on any atom is 0.275 e. The van der Waals surface area contributed by atoms with Crippen molar-refractivity contribution < 1.29 is 10.0 Å². The standard InChI is InChI=1S/C13H18N2O3/c1-2-11-4-3-7-14(11)12-5-6-13(15(17)18)10(8-12)9-16/h5-6,8,11,16H,2-4,7,9H2,1H3. The molecule has 0 radical (unpaired) electrons. The topological polar surface area (TPSA) is 66.6 Å². The lowest BCUT2D eigenvalue weighted by molar-refractivity contribution is -0.385. The number of hydrogen-bond acceptors (Lipinski definition) is 4. The molecule has 2 rings (SSSR count). The first-order valence-corrected chi connectivity index (χ1v) is 6.32. The molecule has 0 spiro atoms. The maximum atomic E-state index is 10.8. The second-order valence-electron chi connectivity index (χ2n) is 4.63. The molecule has 18 heavy (non-hydrogen) atoms. The van der Waals surface area contributed by atoms with Gasteiger partial charge in [0.15, 0.2) is 0 Å². The second-order valence-corrected chi connectivity index (χ2v) is 4.63. The van der Waals surface area contributed by atoms with E-state index in [1.54, 1.807) is 12.1 Å². The molecule has 1 fully saturated rings. The molecule has 0 aliphatic carbocycles. The quantitative estimate of drug-likeness (QED) is 0.658. The van der Waals surface area contributed by atoms with E-state index >= 15 is 0 Å². The lowest BCUT2D eigenvalue weighted by Crippen LogP contribution is -2.28. The van der Waals surface area contributed by atoms with Crippen LogP contribution in [-0.2, 0) is 6.61 Å². The molecule has 0 amide bonds. The molecule has 1 aromatic carbocycles. The van der Waals surface area contributed by atoms with Gasteiger partial charge in [-0.2, -0.15) is 0 Å². The molecule has 1 aromatic rings. The second kappa shape index (κ2) is 5.35. The zero-order chi connectivity index (χ0) is 13.1. The number of nitrogens with zero attached hydrogens (tertiary/aromatic N) is 2. The summed E-state index contributed by atoms with van der Waals surface area (Å²) >= 11 is 0. The van der Waals surface area contributed by atoms with Crippen LogP contribution >= 0.6 is 0 Å². The van der Waals surface area contributed by atoms with Gasteiger partial charge in [-0.3, -0.25) is 10.1 Å². The molecule has 0 bridgehead atoms. The van der Waals surface area contributed by atoms with Crippen molar-refractivity contribution in [1.82, 2.24) is 0 Å². The van der Waals surface area contributed by atoms with Gasteiger partial charge in [0.1, 0.15) is 0 Å². The summed E-state index contributed by atoms with van der Waals surface area (Å²) in [6, 6.07) is 5.53. The first-order valence-electron chi connectivity index (χ1n) is 6.32. The van der Waals surface area contributed by atoms with E-state index in [4.69, 9.17) is 0 Å². The Morgan fingerprint density at radius 2 is 2.33 bits per heavy atom. The van der Waals surface area contributed by atoms with Crippen molar-refractivity contribution in [3.8, 4) is 0 Å². The lowest BCUT2D eigenvalue weighted by Gasteiger charge is -2.26. The summed E-state index contributed by atoms with van der Waals surface area (Å²) in [4.78, 5) is 12.6. The van der Waals surface area contributed by atoms with Gasteiger partial charge in [-0.25, -0.2) is 0 Å². The van der Waals surface area contributed by atoms with Gasteiger partial charge >= 0.3 is 0 Å². The summed E-state index contributed by atoms with van der Waals surface area (Å²) in [6.07, 6.45) is 3.40.